The van der Waals surface area contributed by atoms with Gasteiger partial charge in [-0.25, -0.2) is 24.5 Å². The molecule has 1 N–H and O–H groups in total. The van der Waals surface area contributed by atoms with E-state index < -0.39 is 0 Å². The first-order chi connectivity index (χ1) is 19.6. The van der Waals surface area contributed by atoms with E-state index in [1.807, 2.05) is 17.2 Å². The molecule has 0 saturated carbocycles. The summed E-state index contributed by atoms with van der Waals surface area (Å²) in [6.45, 7) is 8.03. The van der Waals surface area contributed by atoms with Crippen molar-refractivity contribution in [3.8, 4) is 5.75 Å². The number of rotatable bonds is 5. The van der Waals surface area contributed by atoms with Gasteiger partial charge in [0, 0.05) is 37.6 Å². The topological polar surface area (TPSA) is 114 Å². The maximum atomic E-state index is 12.3. The Kier molecular flexibility index (Phi) is 5.76. The molecule has 1 amide bonds. The van der Waals surface area contributed by atoms with Crippen LogP contribution in [0.15, 0.2) is 67.9 Å². The van der Waals surface area contributed by atoms with E-state index >= 15 is 0 Å². The first kappa shape index (κ1) is 24.0. The van der Waals surface area contributed by atoms with Crippen LogP contribution in [0.3, 0.4) is 0 Å². The number of anilines is 3. The Morgan fingerprint density at radius 2 is 2.08 bits per heavy atom. The molecule has 5 aromatic rings. The zero-order valence-electron chi connectivity index (χ0n) is 22.0. The molecule has 1 unspecified atom stereocenters. The summed E-state index contributed by atoms with van der Waals surface area (Å²) < 4.78 is 7.89. The van der Waals surface area contributed by atoms with Gasteiger partial charge < -0.3 is 19.9 Å². The van der Waals surface area contributed by atoms with E-state index in [9.17, 15) is 4.79 Å². The minimum Gasteiger partial charge on any atom is -0.487 e. The summed E-state index contributed by atoms with van der Waals surface area (Å²) in [5.41, 5.74) is 6.67. The zero-order chi connectivity index (χ0) is 27.2. The number of aryl methyl sites for hydroxylation is 1. The highest BCUT2D eigenvalue weighted by Crippen LogP contribution is 2.36. The average molecular weight is 534 g/mol. The fourth-order valence-electron chi connectivity index (χ4n) is 5.46. The van der Waals surface area contributed by atoms with E-state index in [-0.39, 0.29) is 11.9 Å². The number of pyridine rings is 2. The summed E-state index contributed by atoms with van der Waals surface area (Å²) in [6, 6.07) is 12.3. The van der Waals surface area contributed by atoms with Gasteiger partial charge in [0.2, 0.25) is 5.91 Å². The van der Waals surface area contributed by atoms with Crippen molar-refractivity contribution in [2.75, 3.05) is 36.5 Å². The minimum absolute atomic E-state index is 0.0694. The van der Waals surface area contributed by atoms with E-state index in [4.69, 9.17) is 9.72 Å². The molecule has 4 aromatic heterocycles. The maximum Gasteiger partial charge on any atom is 0.246 e. The van der Waals surface area contributed by atoms with Gasteiger partial charge in [0.25, 0.3) is 0 Å². The quantitative estimate of drug-likeness (QED) is 0.340. The van der Waals surface area contributed by atoms with Gasteiger partial charge in [-0.15, -0.1) is 0 Å². The van der Waals surface area contributed by atoms with E-state index in [1.165, 1.54) is 23.5 Å². The molecule has 40 heavy (non-hydrogen) atoms. The summed E-state index contributed by atoms with van der Waals surface area (Å²) in [5, 5.41) is 7.62. The van der Waals surface area contributed by atoms with Gasteiger partial charge in [-0.05, 0) is 60.4 Å². The van der Waals surface area contributed by atoms with Gasteiger partial charge in [0.15, 0.2) is 23.0 Å². The van der Waals surface area contributed by atoms with Gasteiger partial charge in [0.1, 0.15) is 24.8 Å². The summed E-state index contributed by atoms with van der Waals surface area (Å²) in [5.74, 6) is 1.96. The molecule has 11 nitrogen and oxygen atoms in total. The van der Waals surface area contributed by atoms with Crippen LogP contribution < -0.4 is 15.0 Å². The van der Waals surface area contributed by atoms with Crippen LogP contribution in [0.25, 0.3) is 16.7 Å². The van der Waals surface area contributed by atoms with E-state index in [0.717, 1.165) is 29.1 Å². The predicted molar refractivity (Wildman–Crippen MR) is 151 cm³/mol. The molecule has 2 aliphatic heterocycles. The number of nitrogens with one attached hydrogen (secondary N) is 1. The number of ether oxygens (including phenoxy) is 1. The molecule has 1 fully saturated rings. The number of nitrogens with zero attached hydrogens (tertiary/aromatic N) is 8. The Balaban J connectivity index is 1.15. The lowest BCUT2D eigenvalue weighted by Gasteiger charge is -2.39. The van der Waals surface area contributed by atoms with E-state index in [0.29, 0.717) is 48.8 Å². The molecule has 0 radical (unpaired) electrons. The van der Waals surface area contributed by atoms with Crippen molar-refractivity contribution < 1.29 is 9.53 Å². The molecular weight excluding hydrogens is 506 g/mol. The molecule has 1 aromatic carbocycles. The molecule has 0 aliphatic carbocycles. The molecule has 1 saturated heterocycles. The Bertz CT molecular complexity index is 1780. The average Bonchev–Trinajstić information content (AvgIpc) is 3.40. The fraction of sp³-hybridized carbons (Fsp3) is 0.241. The lowest BCUT2D eigenvalue weighted by molar-refractivity contribution is -0.129. The van der Waals surface area contributed by atoms with E-state index in [1.54, 1.807) is 10.8 Å². The molecule has 200 valence electrons. The second kappa shape index (κ2) is 9.60. The molecule has 7 rings (SSSR count). The number of benzene rings is 1. The standard InChI is InChI=1S/C29H27N9O2/c1-3-26(39)37-9-8-36-14-22(37)15-40-24-13-23-27(35-29(24)36)28(32-16-30-23)34-21-5-4-20(18(2)10-21)11-19-6-7-38-25(12-19)31-17-33-38/h3-7,10,12-13,16-17,22H,1,8-9,11,14-15H2,2H3,(H,30,32,34). The fourth-order valence-corrected chi connectivity index (χ4v) is 5.46. The minimum atomic E-state index is -0.0765. The predicted octanol–water partition coefficient (Wildman–Crippen LogP) is 3.31. The third-order valence-electron chi connectivity index (χ3n) is 7.57. The normalized spacial score (nSPS) is 16.4. The third-order valence-corrected chi connectivity index (χ3v) is 7.57. The first-order valence-corrected chi connectivity index (χ1v) is 13.2. The van der Waals surface area contributed by atoms with Crippen molar-refractivity contribution in [1.29, 1.82) is 0 Å². The van der Waals surface area contributed by atoms with Crippen LogP contribution in [0, 0.1) is 6.92 Å². The summed E-state index contributed by atoms with van der Waals surface area (Å²) in [4.78, 5) is 34.6. The number of hydrogen-bond acceptors (Lipinski definition) is 9. The Morgan fingerprint density at radius 3 is 2.95 bits per heavy atom. The molecular formula is C29H27N9O2. The van der Waals surface area contributed by atoms with Crippen molar-refractivity contribution in [3.63, 3.8) is 0 Å². The summed E-state index contributed by atoms with van der Waals surface area (Å²) in [6.07, 6.45) is 7.18. The highest BCUT2D eigenvalue weighted by molar-refractivity contribution is 5.90. The van der Waals surface area contributed by atoms with Gasteiger partial charge in [-0.2, -0.15) is 5.10 Å². The van der Waals surface area contributed by atoms with Gasteiger partial charge >= 0.3 is 0 Å². The van der Waals surface area contributed by atoms with Crippen LogP contribution in [0.5, 0.6) is 5.75 Å². The number of piperazine rings is 1. The monoisotopic (exact) mass is 533 g/mol. The third kappa shape index (κ3) is 4.25. The van der Waals surface area contributed by atoms with Crippen LogP contribution in [-0.2, 0) is 11.2 Å². The smallest absolute Gasteiger partial charge is 0.246 e. The van der Waals surface area contributed by atoms with Crippen LogP contribution in [0.2, 0.25) is 0 Å². The van der Waals surface area contributed by atoms with Crippen molar-refractivity contribution in [2.24, 2.45) is 0 Å². The number of carbonyl (C=O) groups excluding carboxylic acids is 1. The van der Waals surface area contributed by atoms with Crippen LogP contribution >= 0.6 is 0 Å². The lowest BCUT2D eigenvalue weighted by Crippen LogP contribution is -2.56. The number of fused-ring (bicyclic) bond motifs is 6. The van der Waals surface area contributed by atoms with Crippen molar-refractivity contribution >= 4 is 39.9 Å². The highest BCUT2D eigenvalue weighted by Gasteiger charge is 2.34. The molecule has 1 atom stereocenters. The van der Waals surface area contributed by atoms with Crippen molar-refractivity contribution in [1.82, 2.24) is 34.4 Å². The van der Waals surface area contributed by atoms with Gasteiger partial charge in [0.05, 0.1) is 11.6 Å². The summed E-state index contributed by atoms with van der Waals surface area (Å²) >= 11 is 0. The van der Waals surface area contributed by atoms with E-state index in [2.05, 4.69) is 74.1 Å². The number of aromatic nitrogens is 6. The maximum absolute atomic E-state index is 12.3. The molecule has 2 bridgehead atoms. The summed E-state index contributed by atoms with van der Waals surface area (Å²) in [7, 11) is 0. The second-order valence-electron chi connectivity index (χ2n) is 10.1. The van der Waals surface area contributed by atoms with Crippen LogP contribution in [0.1, 0.15) is 16.7 Å². The molecule has 6 heterocycles. The first-order valence-electron chi connectivity index (χ1n) is 13.2. The highest BCUT2D eigenvalue weighted by atomic mass is 16.5. The number of hydrogen-bond donors (Lipinski definition) is 1. The number of carbonyl (C=O) groups is 1. The van der Waals surface area contributed by atoms with Gasteiger partial charge in [-0.3, -0.25) is 4.79 Å². The molecule has 2 aliphatic rings. The lowest BCUT2D eigenvalue weighted by atomic mass is 10.0. The number of amides is 1. The SMILES string of the molecule is C=CC(=O)N1CCN2CC1COc1cc3ncnc(Nc4ccc(Cc5ccn6ncnc6c5)c(C)c4)c3nc12. The Hall–Kier alpha value is -5.06. The Labute approximate surface area is 230 Å². The Morgan fingerprint density at radius 1 is 1.15 bits per heavy atom. The van der Waals surface area contributed by atoms with Crippen molar-refractivity contribution in [2.45, 2.75) is 19.4 Å². The van der Waals surface area contributed by atoms with Crippen LogP contribution in [-0.4, -0.2) is 72.6 Å². The van der Waals surface area contributed by atoms with Crippen molar-refractivity contribution in [3.05, 3.63) is 84.6 Å². The van der Waals surface area contributed by atoms with Crippen LogP contribution in [0.4, 0.5) is 17.3 Å². The second-order valence-corrected chi connectivity index (χ2v) is 10.1. The molecule has 11 heteroatoms. The van der Waals surface area contributed by atoms with Gasteiger partial charge in [-0.1, -0.05) is 12.6 Å². The molecule has 0 spiro atoms. The zero-order valence-corrected chi connectivity index (χ0v) is 22.0. The largest absolute Gasteiger partial charge is 0.487 e.